The average Bonchev–Trinajstić information content (AvgIpc) is 3.39. The Kier molecular flexibility index (Phi) is 5.39. The summed E-state index contributed by atoms with van der Waals surface area (Å²) < 4.78 is 2.67. The molecule has 0 bridgehead atoms. The molecule has 1 heterocycles. The molecule has 2 heteroatoms. The Labute approximate surface area is 237 Å². The maximum atomic E-state index is 3.75. The highest BCUT2D eigenvalue weighted by Gasteiger charge is 2.12. The second-order valence-electron chi connectivity index (χ2n) is 10.2. The third kappa shape index (κ3) is 3.85. The fraction of sp³-hybridized carbons (Fsp3) is 0. The Morgan fingerprint density at radius 3 is 2.05 bits per heavy atom. The van der Waals surface area contributed by atoms with Crippen molar-refractivity contribution in [1.82, 2.24) is 0 Å². The van der Waals surface area contributed by atoms with Crippen LogP contribution in [0.1, 0.15) is 0 Å². The van der Waals surface area contributed by atoms with Crippen molar-refractivity contribution in [3.63, 3.8) is 0 Å². The van der Waals surface area contributed by atoms with Crippen LogP contribution in [-0.4, -0.2) is 0 Å². The van der Waals surface area contributed by atoms with E-state index in [0.717, 1.165) is 11.4 Å². The molecule has 0 amide bonds. The molecule has 8 rings (SSSR count). The molecular weight excluding hydrogens is 502 g/mol. The third-order valence-electron chi connectivity index (χ3n) is 7.86. The SMILES string of the molecule is c1ccc(-c2cccc3ccc(Nc4ccc(-c5ccc6sc7ccccc7c6c5)c5ccccc45)cc23)cc1. The smallest absolute Gasteiger partial charge is 0.0464 e. The zero-order chi connectivity index (χ0) is 26.5. The molecule has 0 saturated carbocycles. The number of benzene rings is 7. The molecule has 7 aromatic carbocycles. The fourth-order valence-electron chi connectivity index (χ4n) is 5.93. The van der Waals surface area contributed by atoms with Crippen LogP contribution in [0.25, 0.3) is 64.0 Å². The molecule has 188 valence electrons. The van der Waals surface area contributed by atoms with E-state index < -0.39 is 0 Å². The first-order valence-corrected chi connectivity index (χ1v) is 14.4. The van der Waals surface area contributed by atoms with E-state index in [1.165, 1.54) is 64.0 Å². The predicted octanol–water partition coefficient (Wildman–Crippen LogP) is 11.4. The number of thiophene rings is 1. The van der Waals surface area contributed by atoms with Crippen molar-refractivity contribution < 1.29 is 0 Å². The minimum Gasteiger partial charge on any atom is -0.355 e. The van der Waals surface area contributed by atoms with Crippen LogP contribution >= 0.6 is 11.3 Å². The van der Waals surface area contributed by atoms with Gasteiger partial charge in [0.25, 0.3) is 0 Å². The van der Waals surface area contributed by atoms with Gasteiger partial charge in [-0.1, -0.05) is 109 Å². The first-order chi connectivity index (χ1) is 19.8. The highest BCUT2D eigenvalue weighted by molar-refractivity contribution is 7.25. The highest BCUT2D eigenvalue weighted by Crippen LogP contribution is 2.40. The standard InChI is InChI=1S/C38H25NS/c1-2-9-25(10-3-1)29-15-8-11-26-17-19-28(24-34(26)29)39-36-21-20-30(31-12-4-5-13-32(31)36)27-18-22-38-35(23-27)33-14-6-7-16-37(33)40-38/h1-24,39H. The lowest BCUT2D eigenvalue weighted by Crippen LogP contribution is -1.93. The average molecular weight is 528 g/mol. The van der Waals surface area contributed by atoms with Crippen molar-refractivity contribution >= 4 is 64.4 Å². The summed E-state index contributed by atoms with van der Waals surface area (Å²) in [6, 6.07) is 52.6. The topological polar surface area (TPSA) is 12.0 Å². The molecule has 0 unspecified atom stereocenters. The van der Waals surface area contributed by atoms with Gasteiger partial charge in [-0.2, -0.15) is 0 Å². The van der Waals surface area contributed by atoms with Gasteiger partial charge in [-0.05, 0) is 74.8 Å². The summed E-state index contributed by atoms with van der Waals surface area (Å²) in [6.07, 6.45) is 0. The van der Waals surface area contributed by atoms with Gasteiger partial charge in [-0.3, -0.25) is 0 Å². The third-order valence-corrected chi connectivity index (χ3v) is 9.01. The quantitative estimate of drug-likeness (QED) is 0.240. The molecule has 40 heavy (non-hydrogen) atoms. The minimum atomic E-state index is 1.08. The number of fused-ring (bicyclic) bond motifs is 5. The highest BCUT2D eigenvalue weighted by atomic mass is 32.1. The van der Waals surface area contributed by atoms with E-state index in [4.69, 9.17) is 0 Å². The van der Waals surface area contributed by atoms with E-state index in [9.17, 15) is 0 Å². The van der Waals surface area contributed by atoms with E-state index >= 15 is 0 Å². The van der Waals surface area contributed by atoms with Crippen LogP contribution in [0.2, 0.25) is 0 Å². The van der Waals surface area contributed by atoms with Crippen molar-refractivity contribution in [3.05, 3.63) is 146 Å². The molecule has 0 aliphatic heterocycles. The molecule has 8 aromatic rings. The summed E-state index contributed by atoms with van der Waals surface area (Å²) >= 11 is 1.86. The van der Waals surface area contributed by atoms with E-state index in [2.05, 4.69) is 151 Å². The van der Waals surface area contributed by atoms with Crippen LogP contribution in [0.5, 0.6) is 0 Å². The minimum absolute atomic E-state index is 1.08. The summed E-state index contributed by atoms with van der Waals surface area (Å²) in [6.45, 7) is 0. The van der Waals surface area contributed by atoms with Gasteiger partial charge in [0, 0.05) is 36.9 Å². The zero-order valence-electron chi connectivity index (χ0n) is 21.8. The Morgan fingerprint density at radius 2 is 1.15 bits per heavy atom. The number of anilines is 2. The Hall–Kier alpha value is -4.92. The number of hydrogen-bond acceptors (Lipinski definition) is 2. The molecule has 0 aliphatic rings. The molecule has 0 saturated heterocycles. The Morgan fingerprint density at radius 1 is 0.400 bits per heavy atom. The van der Waals surface area contributed by atoms with Gasteiger partial charge in [-0.15, -0.1) is 11.3 Å². The van der Waals surface area contributed by atoms with Crippen LogP contribution in [0.15, 0.2) is 146 Å². The molecule has 0 radical (unpaired) electrons. The monoisotopic (exact) mass is 527 g/mol. The maximum Gasteiger partial charge on any atom is 0.0464 e. The van der Waals surface area contributed by atoms with E-state index in [1.54, 1.807) is 0 Å². The molecule has 0 aliphatic carbocycles. The molecule has 1 aromatic heterocycles. The number of nitrogens with one attached hydrogen (secondary N) is 1. The van der Waals surface area contributed by atoms with E-state index in [0.29, 0.717) is 0 Å². The first-order valence-electron chi connectivity index (χ1n) is 13.6. The van der Waals surface area contributed by atoms with Gasteiger partial charge in [-0.25, -0.2) is 0 Å². The summed E-state index contributed by atoms with van der Waals surface area (Å²) in [5.74, 6) is 0. The van der Waals surface area contributed by atoms with E-state index in [1.807, 2.05) is 11.3 Å². The Balaban J connectivity index is 1.23. The van der Waals surface area contributed by atoms with Crippen molar-refractivity contribution in [3.8, 4) is 22.3 Å². The number of hydrogen-bond donors (Lipinski definition) is 1. The van der Waals surface area contributed by atoms with E-state index in [-0.39, 0.29) is 0 Å². The van der Waals surface area contributed by atoms with Crippen molar-refractivity contribution in [1.29, 1.82) is 0 Å². The summed E-state index contributed by atoms with van der Waals surface area (Å²) in [4.78, 5) is 0. The van der Waals surface area contributed by atoms with Crippen LogP contribution in [0.4, 0.5) is 11.4 Å². The van der Waals surface area contributed by atoms with Gasteiger partial charge in [0.15, 0.2) is 0 Å². The molecule has 1 N–H and O–H groups in total. The summed E-state index contributed by atoms with van der Waals surface area (Å²) in [7, 11) is 0. The lowest BCUT2D eigenvalue weighted by atomic mass is 9.95. The summed E-state index contributed by atoms with van der Waals surface area (Å²) in [5.41, 5.74) is 7.17. The molecule has 0 fully saturated rings. The summed E-state index contributed by atoms with van der Waals surface area (Å²) in [5, 5.41) is 11.4. The normalized spacial score (nSPS) is 11.5. The largest absolute Gasteiger partial charge is 0.355 e. The maximum absolute atomic E-state index is 3.75. The molecular formula is C38H25NS. The van der Waals surface area contributed by atoms with Crippen molar-refractivity contribution in [2.24, 2.45) is 0 Å². The van der Waals surface area contributed by atoms with Crippen LogP contribution in [0, 0.1) is 0 Å². The second-order valence-corrected chi connectivity index (χ2v) is 11.3. The second kappa shape index (κ2) is 9.37. The molecule has 1 nitrogen and oxygen atoms in total. The van der Waals surface area contributed by atoms with Gasteiger partial charge in [0.05, 0.1) is 0 Å². The van der Waals surface area contributed by atoms with Gasteiger partial charge in [0.2, 0.25) is 0 Å². The van der Waals surface area contributed by atoms with Gasteiger partial charge < -0.3 is 5.32 Å². The van der Waals surface area contributed by atoms with Crippen molar-refractivity contribution in [2.45, 2.75) is 0 Å². The van der Waals surface area contributed by atoms with Gasteiger partial charge in [0.1, 0.15) is 0 Å². The molecule has 0 atom stereocenters. The zero-order valence-corrected chi connectivity index (χ0v) is 22.6. The van der Waals surface area contributed by atoms with Crippen molar-refractivity contribution in [2.75, 3.05) is 5.32 Å². The lowest BCUT2D eigenvalue weighted by Gasteiger charge is -2.15. The fourth-order valence-corrected chi connectivity index (χ4v) is 7.02. The van der Waals surface area contributed by atoms with Gasteiger partial charge >= 0.3 is 0 Å². The lowest BCUT2D eigenvalue weighted by molar-refractivity contribution is 1.59. The Bertz CT molecular complexity index is 2190. The van der Waals surface area contributed by atoms with Crippen LogP contribution in [0.3, 0.4) is 0 Å². The number of rotatable bonds is 4. The first kappa shape index (κ1) is 23.0. The van der Waals surface area contributed by atoms with Crippen LogP contribution < -0.4 is 5.32 Å². The predicted molar refractivity (Wildman–Crippen MR) is 175 cm³/mol. The molecule has 0 spiro atoms. The van der Waals surface area contributed by atoms with Crippen LogP contribution in [-0.2, 0) is 0 Å².